The summed E-state index contributed by atoms with van der Waals surface area (Å²) in [5, 5.41) is 0.678. The number of benzene rings is 3. The van der Waals surface area contributed by atoms with Crippen LogP contribution in [0.3, 0.4) is 0 Å². The van der Waals surface area contributed by atoms with Crippen LogP contribution in [-0.4, -0.2) is 9.97 Å². The van der Waals surface area contributed by atoms with Gasteiger partial charge in [0, 0.05) is 34.0 Å². The molecule has 5 rings (SSSR count). The summed E-state index contributed by atoms with van der Waals surface area (Å²) in [4.78, 5) is 31.8. The van der Waals surface area contributed by atoms with E-state index in [1.165, 1.54) is 24.3 Å². The minimum atomic E-state index is -0.441. The van der Waals surface area contributed by atoms with Gasteiger partial charge in [-0.3, -0.25) is 9.59 Å². The number of aromatic amines is 2. The molecule has 0 aliphatic rings. The summed E-state index contributed by atoms with van der Waals surface area (Å²) in [6.07, 6.45) is 0. The van der Waals surface area contributed by atoms with E-state index in [2.05, 4.69) is 9.97 Å². The van der Waals surface area contributed by atoms with Crippen LogP contribution >= 0.6 is 0 Å². The highest BCUT2D eigenvalue weighted by Gasteiger charge is 2.13. The molecule has 2 aromatic heterocycles. The topological polar surface area (TPSA) is 65.7 Å². The van der Waals surface area contributed by atoms with Crippen LogP contribution in [0.2, 0.25) is 0 Å². The number of halogens is 2. The van der Waals surface area contributed by atoms with Crippen LogP contribution in [0.1, 0.15) is 11.1 Å². The van der Waals surface area contributed by atoms with E-state index in [4.69, 9.17) is 0 Å². The first-order chi connectivity index (χ1) is 15.3. The van der Waals surface area contributed by atoms with Gasteiger partial charge in [-0.1, -0.05) is 12.1 Å². The molecule has 3 aromatic carbocycles. The third-order valence-electron chi connectivity index (χ3n) is 5.61. The Hall–Kier alpha value is -4.06. The Kier molecular flexibility index (Phi) is 4.51. The monoisotopic (exact) mass is 428 g/mol. The minimum Gasteiger partial charge on any atom is -0.354 e. The SMILES string of the molecule is Cc1ccc(-c2cc(=O)c3cc4[nH]c(-c5ccc(C)cc5F)cc(=O)c4cc3[nH]2)c(F)c1. The molecule has 6 heteroatoms. The van der Waals surface area contributed by atoms with Gasteiger partial charge in [-0.25, -0.2) is 8.78 Å². The Morgan fingerprint density at radius 1 is 0.594 bits per heavy atom. The second-order valence-electron chi connectivity index (χ2n) is 8.00. The lowest BCUT2D eigenvalue weighted by Crippen LogP contribution is -2.08. The van der Waals surface area contributed by atoms with Crippen molar-refractivity contribution in [2.24, 2.45) is 0 Å². The summed E-state index contributed by atoms with van der Waals surface area (Å²) in [5.74, 6) is -0.883. The van der Waals surface area contributed by atoms with Gasteiger partial charge in [-0.2, -0.15) is 0 Å². The van der Waals surface area contributed by atoms with Crippen molar-refractivity contribution in [1.29, 1.82) is 0 Å². The number of H-pyrrole nitrogens is 2. The molecule has 32 heavy (non-hydrogen) atoms. The summed E-state index contributed by atoms with van der Waals surface area (Å²) >= 11 is 0. The van der Waals surface area contributed by atoms with Crippen LogP contribution < -0.4 is 10.9 Å². The van der Waals surface area contributed by atoms with E-state index >= 15 is 0 Å². The molecule has 0 saturated carbocycles. The Labute approximate surface area is 181 Å². The minimum absolute atomic E-state index is 0.272. The van der Waals surface area contributed by atoms with Crippen molar-refractivity contribution in [3.8, 4) is 22.5 Å². The first-order valence-electron chi connectivity index (χ1n) is 10.1. The van der Waals surface area contributed by atoms with Gasteiger partial charge in [0.1, 0.15) is 11.6 Å². The number of aromatic nitrogens is 2. The van der Waals surface area contributed by atoms with Gasteiger partial charge in [0.15, 0.2) is 10.9 Å². The molecule has 0 amide bonds. The zero-order valence-electron chi connectivity index (χ0n) is 17.3. The van der Waals surface area contributed by atoms with Gasteiger partial charge in [0.05, 0.1) is 22.4 Å². The summed E-state index contributed by atoms with van der Waals surface area (Å²) in [7, 11) is 0. The first kappa shape index (κ1) is 19.9. The molecule has 158 valence electrons. The zero-order valence-corrected chi connectivity index (χ0v) is 17.3. The lowest BCUT2D eigenvalue weighted by Gasteiger charge is -2.10. The molecule has 0 bridgehead atoms. The van der Waals surface area contributed by atoms with Crippen molar-refractivity contribution >= 4 is 21.8 Å². The Bertz CT molecular complexity index is 1540. The largest absolute Gasteiger partial charge is 0.354 e. The third-order valence-corrected chi connectivity index (χ3v) is 5.61. The summed E-state index contributed by atoms with van der Waals surface area (Å²) in [6, 6.07) is 15.3. The van der Waals surface area contributed by atoms with E-state index in [0.717, 1.165) is 11.1 Å². The highest BCUT2D eigenvalue weighted by molar-refractivity contribution is 5.96. The molecule has 0 spiro atoms. The molecule has 0 aliphatic heterocycles. The van der Waals surface area contributed by atoms with E-state index in [-0.39, 0.29) is 22.0 Å². The number of pyridine rings is 2. The summed E-state index contributed by atoms with van der Waals surface area (Å²) < 4.78 is 28.9. The number of rotatable bonds is 2. The zero-order chi connectivity index (χ0) is 22.6. The normalized spacial score (nSPS) is 11.4. The molecule has 5 aromatic rings. The van der Waals surface area contributed by atoms with E-state index in [9.17, 15) is 18.4 Å². The fourth-order valence-corrected chi connectivity index (χ4v) is 3.96. The van der Waals surface area contributed by atoms with Crippen molar-refractivity contribution in [1.82, 2.24) is 9.97 Å². The molecular weight excluding hydrogens is 410 g/mol. The average molecular weight is 428 g/mol. The van der Waals surface area contributed by atoms with E-state index in [1.807, 2.05) is 0 Å². The van der Waals surface area contributed by atoms with Crippen LogP contribution in [0.4, 0.5) is 8.78 Å². The van der Waals surface area contributed by atoms with Gasteiger partial charge in [-0.15, -0.1) is 0 Å². The number of hydrogen-bond acceptors (Lipinski definition) is 2. The number of fused-ring (bicyclic) bond motifs is 2. The molecule has 2 N–H and O–H groups in total. The molecule has 0 atom stereocenters. The fraction of sp³-hybridized carbons (Fsp3) is 0.0769. The van der Waals surface area contributed by atoms with E-state index in [1.54, 1.807) is 50.2 Å². The van der Waals surface area contributed by atoms with Crippen molar-refractivity contribution in [2.45, 2.75) is 13.8 Å². The highest BCUT2D eigenvalue weighted by atomic mass is 19.1. The molecule has 4 nitrogen and oxygen atoms in total. The molecular formula is C26H18F2N2O2. The van der Waals surface area contributed by atoms with Crippen LogP contribution in [0, 0.1) is 25.5 Å². The molecule has 0 radical (unpaired) electrons. The van der Waals surface area contributed by atoms with E-state index in [0.29, 0.717) is 33.2 Å². The molecule has 2 heterocycles. The van der Waals surface area contributed by atoms with Crippen molar-refractivity contribution < 1.29 is 8.78 Å². The van der Waals surface area contributed by atoms with Gasteiger partial charge >= 0.3 is 0 Å². The lowest BCUT2D eigenvalue weighted by molar-refractivity contribution is 0.629. The molecule has 0 aliphatic carbocycles. The maximum Gasteiger partial charge on any atom is 0.190 e. The van der Waals surface area contributed by atoms with E-state index < -0.39 is 11.6 Å². The van der Waals surface area contributed by atoms with Crippen LogP contribution in [0.25, 0.3) is 44.3 Å². The number of nitrogens with one attached hydrogen (secondary N) is 2. The van der Waals surface area contributed by atoms with Gasteiger partial charge in [-0.05, 0) is 61.4 Å². The number of aryl methyl sites for hydroxylation is 2. The highest BCUT2D eigenvalue weighted by Crippen LogP contribution is 2.26. The average Bonchev–Trinajstić information content (AvgIpc) is 2.73. The lowest BCUT2D eigenvalue weighted by atomic mass is 10.0. The van der Waals surface area contributed by atoms with Crippen molar-refractivity contribution in [3.05, 3.63) is 104 Å². The smallest absolute Gasteiger partial charge is 0.190 e. The van der Waals surface area contributed by atoms with Gasteiger partial charge < -0.3 is 9.97 Å². The Morgan fingerprint density at radius 3 is 1.38 bits per heavy atom. The van der Waals surface area contributed by atoms with Crippen molar-refractivity contribution in [3.63, 3.8) is 0 Å². The van der Waals surface area contributed by atoms with Crippen molar-refractivity contribution in [2.75, 3.05) is 0 Å². The summed E-state index contributed by atoms with van der Waals surface area (Å²) in [6.45, 7) is 3.57. The third kappa shape index (κ3) is 3.30. The maximum absolute atomic E-state index is 14.4. The maximum atomic E-state index is 14.4. The van der Waals surface area contributed by atoms with Crippen LogP contribution in [0.5, 0.6) is 0 Å². The second kappa shape index (κ2) is 7.27. The molecule has 0 unspecified atom stereocenters. The Morgan fingerprint density at radius 2 is 1.00 bits per heavy atom. The second-order valence-corrected chi connectivity index (χ2v) is 8.00. The van der Waals surface area contributed by atoms with Crippen LogP contribution in [0.15, 0.2) is 70.3 Å². The molecule has 0 fully saturated rings. The first-order valence-corrected chi connectivity index (χ1v) is 10.1. The quantitative estimate of drug-likeness (QED) is 0.360. The molecule has 0 saturated heterocycles. The number of hydrogen-bond donors (Lipinski definition) is 2. The predicted molar refractivity (Wildman–Crippen MR) is 123 cm³/mol. The standard InChI is InChI=1S/C26H18F2N2O2/c1-13-3-5-15(19(27)7-13)23-11-25(31)17-10-22-18(9-21(17)29-23)26(32)12-24(30-22)16-6-4-14(2)8-20(16)28/h3-12H,1-2H3,(H,29,31)(H,30,32). The van der Waals surface area contributed by atoms with Gasteiger partial charge in [0.2, 0.25) is 0 Å². The predicted octanol–water partition coefficient (Wildman–Crippen LogP) is 5.60. The van der Waals surface area contributed by atoms with Crippen LogP contribution in [-0.2, 0) is 0 Å². The van der Waals surface area contributed by atoms with Gasteiger partial charge in [0.25, 0.3) is 0 Å². The Balaban J connectivity index is 1.73. The fourth-order valence-electron chi connectivity index (χ4n) is 3.96. The summed E-state index contributed by atoms with van der Waals surface area (Å²) in [5.41, 5.74) is 2.94.